The molecular formula is C29H24ClN3O7. The Morgan fingerprint density at radius 3 is 2.42 bits per heavy atom. The number of carbonyl (C=O) groups is 4. The first kappa shape index (κ1) is 25.8. The number of esters is 1. The molecular weight excluding hydrogens is 538 g/mol. The minimum absolute atomic E-state index is 0.178. The highest BCUT2D eigenvalue weighted by molar-refractivity contribution is 6.35. The predicted molar refractivity (Wildman–Crippen MR) is 144 cm³/mol. The number of nitrogens with zero attached hydrogens (tertiary/aromatic N) is 1. The molecule has 3 heterocycles. The molecule has 1 spiro atoms. The number of anilines is 2. The first-order valence-electron chi connectivity index (χ1n) is 12.6. The molecule has 2 fully saturated rings. The van der Waals surface area contributed by atoms with Crippen LogP contribution in [0.4, 0.5) is 11.4 Å². The number of halogens is 1. The van der Waals surface area contributed by atoms with Crippen molar-refractivity contribution in [2.75, 3.05) is 10.2 Å². The van der Waals surface area contributed by atoms with Crippen molar-refractivity contribution in [2.24, 2.45) is 11.8 Å². The molecule has 0 aromatic heterocycles. The summed E-state index contributed by atoms with van der Waals surface area (Å²) in [6.45, 7) is 3.09. The third-order valence-electron chi connectivity index (χ3n) is 7.77. The summed E-state index contributed by atoms with van der Waals surface area (Å²) in [6.07, 6.45) is 0.178. The number of carbonyl (C=O) groups excluding carboxylic acids is 4. The lowest BCUT2D eigenvalue weighted by atomic mass is 9.76. The van der Waals surface area contributed by atoms with Gasteiger partial charge >= 0.3 is 5.97 Å². The van der Waals surface area contributed by atoms with Crippen LogP contribution in [-0.4, -0.2) is 39.9 Å². The highest BCUT2D eigenvalue weighted by atomic mass is 35.5. The minimum atomic E-state index is -1.57. The molecule has 40 heavy (non-hydrogen) atoms. The van der Waals surface area contributed by atoms with Crippen molar-refractivity contribution in [1.82, 2.24) is 5.32 Å². The fourth-order valence-corrected chi connectivity index (χ4v) is 6.52. The second-order valence-corrected chi connectivity index (χ2v) is 10.7. The third-order valence-corrected chi connectivity index (χ3v) is 8.07. The first-order valence-corrected chi connectivity index (χ1v) is 13.0. The largest absolute Gasteiger partial charge is 0.504 e. The van der Waals surface area contributed by atoms with E-state index in [-0.39, 0.29) is 29.4 Å². The Kier molecular flexibility index (Phi) is 5.86. The number of phenols is 2. The zero-order chi connectivity index (χ0) is 28.5. The number of hydrogen-bond donors (Lipinski definition) is 4. The van der Waals surface area contributed by atoms with Crippen LogP contribution < -0.4 is 20.3 Å². The van der Waals surface area contributed by atoms with Gasteiger partial charge in [0, 0.05) is 18.5 Å². The van der Waals surface area contributed by atoms with Gasteiger partial charge in [-0.25, -0.2) is 4.90 Å². The molecule has 4 N–H and O–H groups in total. The highest BCUT2D eigenvalue weighted by Gasteiger charge is 2.70. The molecule has 4 atom stereocenters. The number of aryl methyl sites for hydroxylation is 1. The second-order valence-electron chi connectivity index (χ2n) is 10.3. The lowest BCUT2D eigenvalue weighted by molar-refractivity contribution is -0.132. The van der Waals surface area contributed by atoms with Gasteiger partial charge in [-0.2, -0.15) is 0 Å². The number of benzene rings is 3. The molecule has 204 valence electrons. The van der Waals surface area contributed by atoms with Gasteiger partial charge in [0.05, 0.1) is 28.2 Å². The number of ether oxygens (including phenoxy) is 1. The molecule has 3 aliphatic rings. The Labute approximate surface area is 233 Å². The van der Waals surface area contributed by atoms with Crippen LogP contribution in [0.5, 0.6) is 17.2 Å². The zero-order valence-electron chi connectivity index (χ0n) is 21.4. The van der Waals surface area contributed by atoms with E-state index in [0.29, 0.717) is 21.8 Å². The van der Waals surface area contributed by atoms with E-state index in [2.05, 4.69) is 10.6 Å². The van der Waals surface area contributed by atoms with E-state index < -0.39 is 47.1 Å². The van der Waals surface area contributed by atoms with Crippen LogP contribution in [0.25, 0.3) is 0 Å². The Hall–Kier alpha value is -4.41. The first-order chi connectivity index (χ1) is 19.0. The minimum Gasteiger partial charge on any atom is -0.504 e. The predicted octanol–water partition coefficient (Wildman–Crippen LogP) is 3.15. The lowest BCUT2D eigenvalue weighted by Gasteiger charge is -2.30. The maximum atomic E-state index is 14.1. The Morgan fingerprint density at radius 2 is 1.75 bits per heavy atom. The maximum absolute atomic E-state index is 14.1. The Morgan fingerprint density at radius 1 is 1.02 bits per heavy atom. The summed E-state index contributed by atoms with van der Waals surface area (Å²) < 4.78 is 5.07. The van der Waals surface area contributed by atoms with E-state index in [1.807, 2.05) is 6.92 Å². The molecule has 3 aromatic rings. The van der Waals surface area contributed by atoms with Crippen molar-refractivity contribution in [1.29, 1.82) is 0 Å². The molecule has 0 radical (unpaired) electrons. The Balaban J connectivity index is 1.47. The molecule has 3 aliphatic heterocycles. The summed E-state index contributed by atoms with van der Waals surface area (Å²) in [5, 5.41) is 26.3. The summed E-state index contributed by atoms with van der Waals surface area (Å²) in [4.78, 5) is 54.3. The topological polar surface area (TPSA) is 145 Å². The molecule has 0 bridgehead atoms. The van der Waals surface area contributed by atoms with Gasteiger partial charge in [-0.1, -0.05) is 23.7 Å². The molecule has 10 nitrogen and oxygen atoms in total. The molecule has 2 saturated heterocycles. The standard InChI is InChI=1S/C29H24ClN3O7/c1-13-9-18-25(19(30)10-13)31-28(39)29(18)24-23(20(32-29)11-15-3-8-21(35)22(36)12-15)26(37)33(27(24)38)16-4-6-17(7-5-16)40-14(2)34/h3-10,12,20,23-24,32,35-36H,11H2,1-2H3,(H,31,39). The fourth-order valence-electron chi connectivity index (χ4n) is 6.20. The van der Waals surface area contributed by atoms with Crippen molar-refractivity contribution < 1.29 is 34.1 Å². The van der Waals surface area contributed by atoms with Gasteiger partial charge in [-0.05, 0) is 66.9 Å². The van der Waals surface area contributed by atoms with Crippen LogP contribution in [0, 0.1) is 18.8 Å². The maximum Gasteiger partial charge on any atom is 0.308 e. The third kappa shape index (κ3) is 3.75. The number of fused-ring (bicyclic) bond motifs is 4. The number of hydrogen-bond acceptors (Lipinski definition) is 8. The molecule has 0 saturated carbocycles. The van der Waals surface area contributed by atoms with Gasteiger partial charge < -0.3 is 20.3 Å². The molecule has 0 aliphatic carbocycles. The number of phenolic OH excluding ortho intramolecular Hbond substituents is 2. The highest BCUT2D eigenvalue weighted by Crippen LogP contribution is 2.55. The van der Waals surface area contributed by atoms with Gasteiger partial charge in [0.2, 0.25) is 17.7 Å². The van der Waals surface area contributed by atoms with Crippen molar-refractivity contribution in [3.63, 3.8) is 0 Å². The van der Waals surface area contributed by atoms with E-state index in [4.69, 9.17) is 16.3 Å². The summed E-state index contributed by atoms with van der Waals surface area (Å²) in [5.41, 5.74) is 0.946. The number of aromatic hydroxyl groups is 2. The Bertz CT molecular complexity index is 1620. The zero-order valence-corrected chi connectivity index (χ0v) is 22.2. The van der Waals surface area contributed by atoms with E-state index >= 15 is 0 Å². The van der Waals surface area contributed by atoms with Gasteiger partial charge in [0.15, 0.2) is 11.5 Å². The van der Waals surface area contributed by atoms with Gasteiger partial charge in [0.25, 0.3) is 0 Å². The molecule has 3 amide bonds. The molecule has 6 rings (SSSR count). The van der Waals surface area contributed by atoms with Crippen LogP contribution in [-0.2, 0) is 31.1 Å². The van der Waals surface area contributed by atoms with E-state index in [1.165, 1.54) is 43.3 Å². The summed E-state index contributed by atoms with van der Waals surface area (Å²) in [5.74, 6) is -4.44. The lowest BCUT2D eigenvalue weighted by Crippen LogP contribution is -2.53. The van der Waals surface area contributed by atoms with Crippen molar-refractivity contribution in [3.8, 4) is 17.2 Å². The van der Waals surface area contributed by atoms with E-state index in [9.17, 15) is 29.4 Å². The van der Waals surface area contributed by atoms with Crippen LogP contribution in [0.15, 0.2) is 54.6 Å². The normalized spacial score (nSPS) is 24.8. The number of imide groups is 1. The molecule has 3 aromatic carbocycles. The van der Waals surface area contributed by atoms with Gasteiger partial charge in [-0.3, -0.25) is 24.5 Å². The summed E-state index contributed by atoms with van der Waals surface area (Å²) in [6, 6.07) is 13.1. The van der Waals surface area contributed by atoms with Gasteiger partial charge in [0.1, 0.15) is 11.3 Å². The SMILES string of the molecule is CC(=O)Oc1ccc(N2C(=O)C3C(Cc4ccc(O)c(O)c4)NC4(C(=O)Nc5c(Cl)cc(C)cc54)C3C2=O)cc1. The number of amides is 3. The van der Waals surface area contributed by atoms with Crippen molar-refractivity contribution >= 4 is 46.7 Å². The number of nitrogens with one attached hydrogen (secondary N) is 2. The van der Waals surface area contributed by atoms with Crippen molar-refractivity contribution in [2.45, 2.75) is 31.8 Å². The monoisotopic (exact) mass is 561 g/mol. The van der Waals surface area contributed by atoms with Crippen molar-refractivity contribution in [3.05, 3.63) is 76.3 Å². The smallest absolute Gasteiger partial charge is 0.308 e. The van der Waals surface area contributed by atoms with E-state index in [0.717, 1.165) is 10.5 Å². The fraction of sp³-hybridized carbons (Fsp3) is 0.241. The van der Waals surface area contributed by atoms with Crippen LogP contribution in [0.3, 0.4) is 0 Å². The molecule has 11 heteroatoms. The van der Waals surface area contributed by atoms with Crippen LogP contribution >= 0.6 is 11.6 Å². The second kappa shape index (κ2) is 9.07. The average molecular weight is 562 g/mol. The van der Waals surface area contributed by atoms with Gasteiger partial charge in [-0.15, -0.1) is 0 Å². The summed E-state index contributed by atoms with van der Waals surface area (Å²) in [7, 11) is 0. The van der Waals surface area contributed by atoms with Crippen LogP contribution in [0.1, 0.15) is 23.6 Å². The van der Waals surface area contributed by atoms with Crippen LogP contribution in [0.2, 0.25) is 5.02 Å². The number of rotatable bonds is 4. The quantitative estimate of drug-likeness (QED) is 0.164. The average Bonchev–Trinajstić information content (AvgIpc) is 3.47. The summed E-state index contributed by atoms with van der Waals surface area (Å²) >= 11 is 6.49. The molecule has 4 unspecified atom stereocenters. The van der Waals surface area contributed by atoms with E-state index in [1.54, 1.807) is 18.2 Å².